The van der Waals surface area contributed by atoms with E-state index in [1.165, 1.54) is 6.07 Å². The molecule has 0 bridgehead atoms. The number of ether oxygens (including phenoxy) is 1. The van der Waals surface area contributed by atoms with Gasteiger partial charge in [0.05, 0.1) is 10.6 Å². The first-order valence-corrected chi connectivity index (χ1v) is 8.90. The first kappa shape index (κ1) is 18.5. The van der Waals surface area contributed by atoms with E-state index in [2.05, 4.69) is 4.72 Å². The van der Waals surface area contributed by atoms with Gasteiger partial charge in [-0.25, -0.2) is 8.70 Å². The summed E-state index contributed by atoms with van der Waals surface area (Å²) in [6.07, 6.45) is 0. The molecule has 1 amide bonds. The van der Waals surface area contributed by atoms with E-state index >= 15 is 0 Å². The summed E-state index contributed by atoms with van der Waals surface area (Å²) < 4.78 is 24.4. The van der Waals surface area contributed by atoms with Gasteiger partial charge < -0.3 is 4.74 Å². The van der Waals surface area contributed by atoms with Crippen molar-refractivity contribution >= 4 is 40.4 Å². The standard InChI is InChI=1S/C19H16ClFN2O2S/c1-23(2)26-22-19(24)14-10-15(20)18(11-16(14)21)25-17-9-5-7-12-6-3-4-8-13(12)17/h3-11H,1-2H3,(H,22,24). The Morgan fingerprint density at radius 1 is 1.12 bits per heavy atom. The van der Waals surface area contributed by atoms with Gasteiger partial charge in [-0.1, -0.05) is 48.0 Å². The zero-order valence-corrected chi connectivity index (χ0v) is 15.7. The second-order valence-electron chi connectivity index (χ2n) is 5.68. The molecule has 1 N–H and O–H groups in total. The highest BCUT2D eigenvalue weighted by Gasteiger charge is 2.17. The number of fused-ring (bicyclic) bond motifs is 1. The average Bonchev–Trinajstić information content (AvgIpc) is 2.62. The Hall–Kier alpha value is -2.28. The van der Waals surface area contributed by atoms with E-state index in [-0.39, 0.29) is 16.3 Å². The summed E-state index contributed by atoms with van der Waals surface area (Å²) in [6.45, 7) is 0. The van der Waals surface area contributed by atoms with Crippen LogP contribution in [0.1, 0.15) is 10.4 Å². The van der Waals surface area contributed by atoms with Gasteiger partial charge >= 0.3 is 0 Å². The molecule has 0 radical (unpaired) electrons. The first-order valence-electron chi connectivity index (χ1n) is 7.75. The number of carbonyl (C=O) groups is 1. The summed E-state index contributed by atoms with van der Waals surface area (Å²) >= 11 is 7.27. The summed E-state index contributed by atoms with van der Waals surface area (Å²) in [6, 6.07) is 15.7. The Labute approximate surface area is 160 Å². The Kier molecular flexibility index (Phi) is 5.66. The van der Waals surface area contributed by atoms with Crippen LogP contribution in [-0.4, -0.2) is 24.3 Å². The number of amides is 1. The number of hydrogen-bond acceptors (Lipinski definition) is 4. The molecular weight excluding hydrogens is 375 g/mol. The van der Waals surface area contributed by atoms with Gasteiger partial charge in [0.15, 0.2) is 0 Å². The number of rotatable bonds is 5. The van der Waals surface area contributed by atoms with Crippen LogP contribution in [0.3, 0.4) is 0 Å². The van der Waals surface area contributed by atoms with Gasteiger partial charge in [-0.3, -0.25) is 9.52 Å². The van der Waals surface area contributed by atoms with Crippen molar-refractivity contribution in [3.05, 3.63) is 71.0 Å². The van der Waals surface area contributed by atoms with Gasteiger partial charge in [0.2, 0.25) is 0 Å². The maximum atomic E-state index is 14.4. The van der Waals surface area contributed by atoms with Crippen molar-refractivity contribution in [2.24, 2.45) is 0 Å². The molecule has 26 heavy (non-hydrogen) atoms. The van der Waals surface area contributed by atoms with Gasteiger partial charge in [-0.2, -0.15) is 0 Å². The molecule has 0 aromatic heterocycles. The Morgan fingerprint density at radius 3 is 2.62 bits per heavy atom. The number of nitrogens with one attached hydrogen (secondary N) is 1. The van der Waals surface area contributed by atoms with Crippen molar-refractivity contribution in [2.75, 3.05) is 14.1 Å². The second-order valence-corrected chi connectivity index (χ2v) is 7.20. The second kappa shape index (κ2) is 7.95. The summed E-state index contributed by atoms with van der Waals surface area (Å²) in [7, 11) is 3.52. The Balaban J connectivity index is 1.89. The molecule has 3 aromatic rings. The minimum Gasteiger partial charge on any atom is -0.455 e. The molecule has 0 aliphatic carbocycles. The van der Waals surface area contributed by atoms with Crippen molar-refractivity contribution in [3.63, 3.8) is 0 Å². The topological polar surface area (TPSA) is 41.6 Å². The predicted molar refractivity (Wildman–Crippen MR) is 104 cm³/mol. The quantitative estimate of drug-likeness (QED) is 0.602. The lowest BCUT2D eigenvalue weighted by Crippen LogP contribution is -2.21. The predicted octanol–water partition coefficient (Wildman–Crippen LogP) is 5.28. The molecule has 3 rings (SSSR count). The molecule has 0 aliphatic heterocycles. The molecule has 7 heteroatoms. The number of benzene rings is 3. The lowest BCUT2D eigenvalue weighted by Gasteiger charge is -2.13. The molecule has 0 aliphatic rings. The number of nitrogens with zero attached hydrogens (tertiary/aromatic N) is 1. The molecule has 0 heterocycles. The number of hydrogen-bond donors (Lipinski definition) is 1. The largest absolute Gasteiger partial charge is 0.455 e. The van der Waals surface area contributed by atoms with Crippen molar-refractivity contribution < 1.29 is 13.9 Å². The molecule has 4 nitrogen and oxygen atoms in total. The third kappa shape index (κ3) is 4.09. The molecule has 0 atom stereocenters. The third-order valence-corrected chi connectivity index (χ3v) is 4.49. The van der Waals surface area contributed by atoms with Gasteiger partial charge in [0.25, 0.3) is 5.91 Å². The fourth-order valence-corrected chi connectivity index (χ4v) is 2.95. The SMILES string of the molecule is CN(C)SNC(=O)c1cc(Cl)c(Oc2cccc3ccccc23)cc1F. The number of carbonyl (C=O) groups excluding carboxylic acids is 1. The van der Waals surface area contributed by atoms with Crippen LogP contribution in [0, 0.1) is 5.82 Å². The highest BCUT2D eigenvalue weighted by molar-refractivity contribution is 7.95. The Morgan fingerprint density at radius 2 is 1.85 bits per heavy atom. The molecular formula is C19H16ClFN2O2S. The van der Waals surface area contributed by atoms with Crippen molar-refractivity contribution in [1.82, 2.24) is 9.03 Å². The van der Waals surface area contributed by atoms with E-state index < -0.39 is 11.7 Å². The monoisotopic (exact) mass is 390 g/mol. The average molecular weight is 391 g/mol. The molecule has 0 fully saturated rings. The Bertz CT molecular complexity index is 960. The van der Waals surface area contributed by atoms with Crippen LogP contribution in [0.4, 0.5) is 4.39 Å². The molecule has 0 saturated carbocycles. The van der Waals surface area contributed by atoms with Crippen LogP contribution in [0.5, 0.6) is 11.5 Å². The lowest BCUT2D eigenvalue weighted by atomic mass is 10.1. The molecule has 3 aromatic carbocycles. The fourth-order valence-electron chi connectivity index (χ4n) is 2.37. The molecule has 0 spiro atoms. The molecule has 0 unspecified atom stereocenters. The van der Waals surface area contributed by atoms with Crippen molar-refractivity contribution in [2.45, 2.75) is 0 Å². The summed E-state index contributed by atoms with van der Waals surface area (Å²) in [5.74, 6) is -0.566. The minimum absolute atomic E-state index is 0.144. The maximum absolute atomic E-state index is 14.4. The first-order chi connectivity index (χ1) is 12.5. The molecule has 0 saturated heterocycles. The van der Waals surface area contributed by atoms with Gasteiger partial charge in [-0.05, 0) is 31.6 Å². The van der Waals surface area contributed by atoms with E-state index in [1.54, 1.807) is 24.5 Å². The zero-order valence-electron chi connectivity index (χ0n) is 14.1. The van der Waals surface area contributed by atoms with Gasteiger partial charge in [-0.15, -0.1) is 0 Å². The van der Waals surface area contributed by atoms with Crippen LogP contribution >= 0.6 is 23.7 Å². The minimum atomic E-state index is -0.707. The van der Waals surface area contributed by atoms with Crippen LogP contribution < -0.4 is 9.46 Å². The van der Waals surface area contributed by atoms with Crippen LogP contribution in [0.15, 0.2) is 54.6 Å². The highest BCUT2D eigenvalue weighted by atomic mass is 35.5. The van der Waals surface area contributed by atoms with E-state index in [1.807, 2.05) is 36.4 Å². The van der Waals surface area contributed by atoms with E-state index in [0.29, 0.717) is 5.75 Å². The summed E-state index contributed by atoms with van der Waals surface area (Å²) in [5.41, 5.74) is -0.144. The van der Waals surface area contributed by atoms with E-state index in [4.69, 9.17) is 16.3 Å². The zero-order chi connectivity index (χ0) is 18.7. The lowest BCUT2D eigenvalue weighted by molar-refractivity contribution is 0.0979. The normalized spacial score (nSPS) is 11.0. The maximum Gasteiger partial charge on any atom is 0.265 e. The third-order valence-electron chi connectivity index (χ3n) is 3.56. The van der Waals surface area contributed by atoms with Crippen molar-refractivity contribution in [3.8, 4) is 11.5 Å². The fraction of sp³-hybridized carbons (Fsp3) is 0.105. The molecule has 134 valence electrons. The van der Waals surface area contributed by atoms with Crippen molar-refractivity contribution in [1.29, 1.82) is 0 Å². The smallest absolute Gasteiger partial charge is 0.265 e. The van der Waals surface area contributed by atoms with Crippen LogP contribution in [0.2, 0.25) is 5.02 Å². The van der Waals surface area contributed by atoms with E-state index in [9.17, 15) is 9.18 Å². The van der Waals surface area contributed by atoms with E-state index in [0.717, 1.165) is 29.0 Å². The van der Waals surface area contributed by atoms with Gasteiger partial charge in [0, 0.05) is 23.6 Å². The summed E-state index contributed by atoms with van der Waals surface area (Å²) in [4.78, 5) is 12.1. The van der Waals surface area contributed by atoms with Crippen LogP contribution in [0.25, 0.3) is 10.8 Å². The number of halogens is 2. The van der Waals surface area contributed by atoms with Gasteiger partial charge in [0.1, 0.15) is 17.3 Å². The summed E-state index contributed by atoms with van der Waals surface area (Å²) in [5, 5.41) is 2.04. The van der Waals surface area contributed by atoms with Crippen LogP contribution in [-0.2, 0) is 0 Å². The highest BCUT2D eigenvalue weighted by Crippen LogP contribution is 2.35.